The molecule has 0 fully saturated rings. The van der Waals surface area contributed by atoms with Crippen molar-refractivity contribution in [2.45, 2.75) is 12.7 Å². The molecule has 4 heteroatoms. The highest BCUT2D eigenvalue weighted by Gasteiger charge is 2.29. The van der Waals surface area contributed by atoms with Crippen LogP contribution in [0.2, 0.25) is 0 Å². The molecular weight excluding hydrogens is 256 g/mol. The second kappa shape index (κ2) is 4.67. The van der Waals surface area contributed by atoms with Crippen molar-refractivity contribution in [2.24, 2.45) is 0 Å². The first-order chi connectivity index (χ1) is 9.58. The number of hydrogen-bond donors (Lipinski definition) is 2. The van der Waals surface area contributed by atoms with Gasteiger partial charge in [-0.05, 0) is 11.6 Å². The third-order valence-corrected chi connectivity index (χ3v) is 3.41. The van der Waals surface area contributed by atoms with Crippen LogP contribution in [0, 0.1) is 0 Å². The molecular formula is C16H12O4. The lowest BCUT2D eigenvalue weighted by Crippen LogP contribution is -2.21. The molecule has 0 amide bonds. The second-order valence-corrected chi connectivity index (χ2v) is 4.77. The third-order valence-electron chi connectivity index (χ3n) is 3.41. The number of rotatable bonds is 2. The lowest BCUT2D eigenvalue weighted by Gasteiger charge is -2.18. The summed E-state index contributed by atoms with van der Waals surface area (Å²) >= 11 is 0. The van der Waals surface area contributed by atoms with E-state index < -0.39 is 6.29 Å². The zero-order chi connectivity index (χ0) is 14.3. The molecule has 0 spiro atoms. The van der Waals surface area contributed by atoms with E-state index in [-0.39, 0.29) is 18.0 Å². The van der Waals surface area contributed by atoms with Gasteiger partial charge >= 0.3 is 0 Å². The Balaban J connectivity index is 2.13. The minimum absolute atomic E-state index is 0.0242. The van der Waals surface area contributed by atoms with Gasteiger partial charge in [0.1, 0.15) is 0 Å². The lowest BCUT2D eigenvalue weighted by atomic mass is 9.83. The van der Waals surface area contributed by atoms with Crippen LogP contribution in [0.25, 0.3) is 0 Å². The van der Waals surface area contributed by atoms with Crippen LogP contribution in [-0.2, 0) is 6.42 Å². The van der Waals surface area contributed by atoms with E-state index in [9.17, 15) is 9.59 Å². The Morgan fingerprint density at radius 1 is 0.800 bits per heavy atom. The van der Waals surface area contributed by atoms with Crippen molar-refractivity contribution in [1.82, 2.24) is 0 Å². The van der Waals surface area contributed by atoms with Crippen molar-refractivity contribution in [3.05, 3.63) is 70.3 Å². The van der Waals surface area contributed by atoms with Crippen molar-refractivity contribution in [3.8, 4) is 0 Å². The van der Waals surface area contributed by atoms with Crippen molar-refractivity contribution in [1.29, 1.82) is 0 Å². The Morgan fingerprint density at radius 2 is 1.35 bits per heavy atom. The lowest BCUT2D eigenvalue weighted by molar-refractivity contribution is -0.0381. The number of aliphatic hydroxyl groups excluding tert-OH is 1. The number of hydrogen-bond acceptors (Lipinski definition) is 4. The molecule has 4 nitrogen and oxygen atoms in total. The quantitative estimate of drug-likeness (QED) is 0.687. The van der Waals surface area contributed by atoms with Crippen LogP contribution in [0.5, 0.6) is 0 Å². The Labute approximate surface area is 115 Å². The van der Waals surface area contributed by atoms with Gasteiger partial charge in [0.2, 0.25) is 0 Å². The summed E-state index contributed by atoms with van der Waals surface area (Å²) in [5.41, 5.74) is 2.11. The topological polar surface area (TPSA) is 74.6 Å². The molecule has 0 saturated carbocycles. The molecule has 1 aliphatic rings. The van der Waals surface area contributed by atoms with Gasteiger partial charge in [-0.25, -0.2) is 0 Å². The van der Waals surface area contributed by atoms with Crippen molar-refractivity contribution in [3.63, 3.8) is 0 Å². The summed E-state index contributed by atoms with van der Waals surface area (Å²) in [7, 11) is 0. The maximum absolute atomic E-state index is 12.4. The van der Waals surface area contributed by atoms with Crippen LogP contribution in [0.15, 0.2) is 42.5 Å². The minimum Gasteiger partial charge on any atom is -0.368 e. The van der Waals surface area contributed by atoms with E-state index in [2.05, 4.69) is 0 Å². The fourth-order valence-corrected chi connectivity index (χ4v) is 2.48. The van der Waals surface area contributed by atoms with E-state index in [0.29, 0.717) is 27.8 Å². The highest BCUT2D eigenvalue weighted by Crippen LogP contribution is 2.28. The van der Waals surface area contributed by atoms with Gasteiger partial charge < -0.3 is 10.2 Å². The summed E-state index contributed by atoms with van der Waals surface area (Å²) in [5, 5.41) is 18.0. The van der Waals surface area contributed by atoms with Crippen molar-refractivity contribution in [2.75, 3.05) is 0 Å². The Hall–Kier alpha value is -2.30. The molecule has 20 heavy (non-hydrogen) atoms. The highest BCUT2D eigenvalue weighted by atomic mass is 16.5. The molecule has 0 heterocycles. The molecule has 0 atom stereocenters. The van der Waals surface area contributed by atoms with Gasteiger partial charge in [-0.3, -0.25) is 9.59 Å². The van der Waals surface area contributed by atoms with E-state index >= 15 is 0 Å². The average Bonchev–Trinajstić information content (AvgIpc) is 2.44. The predicted molar refractivity (Wildman–Crippen MR) is 71.7 cm³/mol. The molecule has 2 aromatic rings. The number of ketones is 2. The SMILES string of the molecule is O=C1c2ccccc2C(=O)c2cc(CC(O)O)ccc21. The molecule has 0 unspecified atom stereocenters. The molecule has 0 radical (unpaired) electrons. The smallest absolute Gasteiger partial charge is 0.194 e. The molecule has 0 aliphatic heterocycles. The molecule has 0 saturated heterocycles. The molecule has 0 aromatic heterocycles. The summed E-state index contributed by atoms with van der Waals surface area (Å²) in [6.45, 7) is 0. The van der Waals surface area contributed by atoms with Gasteiger partial charge in [0, 0.05) is 28.7 Å². The van der Waals surface area contributed by atoms with E-state index in [1.807, 2.05) is 0 Å². The number of fused-ring (bicyclic) bond motifs is 2. The predicted octanol–water partition coefficient (Wildman–Crippen LogP) is 1.32. The van der Waals surface area contributed by atoms with Gasteiger partial charge in [-0.15, -0.1) is 0 Å². The van der Waals surface area contributed by atoms with E-state index in [4.69, 9.17) is 10.2 Å². The summed E-state index contributed by atoms with van der Waals surface area (Å²) in [4.78, 5) is 24.8. The Morgan fingerprint density at radius 3 is 1.95 bits per heavy atom. The average molecular weight is 268 g/mol. The van der Waals surface area contributed by atoms with Crippen molar-refractivity contribution >= 4 is 11.6 Å². The third kappa shape index (κ3) is 1.95. The number of carbonyl (C=O) groups is 2. The number of aliphatic hydroxyl groups is 2. The monoisotopic (exact) mass is 268 g/mol. The Bertz CT molecular complexity index is 716. The van der Waals surface area contributed by atoms with Gasteiger partial charge in [0.05, 0.1) is 0 Å². The van der Waals surface area contributed by atoms with Crippen molar-refractivity contribution < 1.29 is 19.8 Å². The largest absolute Gasteiger partial charge is 0.368 e. The minimum atomic E-state index is -1.48. The van der Waals surface area contributed by atoms with Gasteiger partial charge in [-0.1, -0.05) is 36.4 Å². The van der Waals surface area contributed by atoms with E-state index in [0.717, 1.165) is 0 Å². The Kier molecular flexibility index (Phi) is 2.97. The molecule has 1 aliphatic carbocycles. The molecule has 0 bridgehead atoms. The number of carbonyl (C=O) groups excluding carboxylic acids is 2. The van der Waals surface area contributed by atoms with E-state index in [1.54, 1.807) is 42.5 Å². The first-order valence-electron chi connectivity index (χ1n) is 6.25. The molecule has 3 rings (SSSR count). The van der Waals surface area contributed by atoms with E-state index in [1.165, 1.54) is 0 Å². The van der Waals surface area contributed by atoms with Gasteiger partial charge in [0.25, 0.3) is 0 Å². The summed E-state index contributed by atoms with van der Waals surface area (Å²) in [6.07, 6.45) is -1.45. The van der Waals surface area contributed by atoms with Crippen LogP contribution >= 0.6 is 0 Å². The molecule has 2 aromatic carbocycles. The summed E-state index contributed by atoms with van der Waals surface area (Å²) in [6, 6.07) is 11.5. The zero-order valence-electron chi connectivity index (χ0n) is 10.5. The fourth-order valence-electron chi connectivity index (χ4n) is 2.48. The van der Waals surface area contributed by atoms with Gasteiger partial charge in [0.15, 0.2) is 17.9 Å². The van der Waals surface area contributed by atoms with Gasteiger partial charge in [-0.2, -0.15) is 0 Å². The van der Waals surface area contributed by atoms with Crippen LogP contribution in [0.4, 0.5) is 0 Å². The maximum atomic E-state index is 12.4. The number of benzene rings is 2. The maximum Gasteiger partial charge on any atom is 0.194 e. The first kappa shape index (κ1) is 12.7. The summed E-state index contributed by atoms with van der Waals surface area (Å²) < 4.78 is 0. The van der Waals surface area contributed by atoms with Crippen LogP contribution in [0.1, 0.15) is 37.4 Å². The fraction of sp³-hybridized carbons (Fsp3) is 0.125. The zero-order valence-corrected chi connectivity index (χ0v) is 10.5. The first-order valence-corrected chi connectivity index (χ1v) is 6.25. The second-order valence-electron chi connectivity index (χ2n) is 4.77. The molecule has 2 N–H and O–H groups in total. The van der Waals surface area contributed by atoms with Crippen LogP contribution in [-0.4, -0.2) is 28.1 Å². The summed E-state index contributed by atoms with van der Waals surface area (Å²) in [5.74, 6) is -0.379. The standard InChI is InChI=1S/C16H12O4/c17-14(18)8-9-5-6-12-13(7-9)16(20)11-4-2-1-3-10(11)15(12)19/h1-7,14,17-18H,8H2. The van der Waals surface area contributed by atoms with Crippen LogP contribution in [0.3, 0.4) is 0 Å². The van der Waals surface area contributed by atoms with Crippen LogP contribution < -0.4 is 0 Å². The highest BCUT2D eigenvalue weighted by molar-refractivity contribution is 6.28. The molecule has 100 valence electrons. The normalized spacial score (nSPS) is 13.3.